The highest BCUT2D eigenvalue weighted by Gasteiger charge is 2.47. The Hall–Kier alpha value is -2.90. The molecule has 2 aromatic heterocycles. The molecule has 1 amide bonds. The molecule has 0 radical (unpaired) electrons. The van der Waals surface area contributed by atoms with Crippen molar-refractivity contribution in [3.63, 3.8) is 0 Å². The Kier molecular flexibility index (Phi) is 6.45. The summed E-state index contributed by atoms with van der Waals surface area (Å²) < 4.78 is 5.53. The van der Waals surface area contributed by atoms with E-state index in [-0.39, 0.29) is 17.3 Å². The molecule has 7 heteroatoms. The van der Waals surface area contributed by atoms with Gasteiger partial charge in [-0.2, -0.15) is 0 Å². The fourth-order valence-corrected chi connectivity index (χ4v) is 6.03. The fourth-order valence-electron chi connectivity index (χ4n) is 4.28. The van der Waals surface area contributed by atoms with Crippen LogP contribution in [-0.4, -0.2) is 28.8 Å². The molecule has 3 heterocycles. The maximum atomic E-state index is 13.3. The number of nitrogens with zero attached hydrogens (tertiary/aromatic N) is 1. The zero-order valence-corrected chi connectivity index (χ0v) is 21.0. The van der Waals surface area contributed by atoms with Crippen LogP contribution in [0, 0.1) is 13.8 Å². The van der Waals surface area contributed by atoms with Crippen molar-refractivity contribution >= 4 is 40.1 Å². The number of carbonyl (C=O) groups is 2. The van der Waals surface area contributed by atoms with Gasteiger partial charge in [-0.05, 0) is 71.5 Å². The molecule has 1 saturated heterocycles. The zero-order chi connectivity index (χ0) is 23.9. The van der Waals surface area contributed by atoms with Gasteiger partial charge in [0.15, 0.2) is 0 Å². The van der Waals surface area contributed by atoms with E-state index in [9.17, 15) is 14.7 Å². The van der Waals surface area contributed by atoms with Crippen molar-refractivity contribution in [2.75, 3.05) is 7.11 Å². The van der Waals surface area contributed by atoms with Gasteiger partial charge in [-0.1, -0.05) is 19.9 Å². The molecule has 1 fully saturated rings. The number of thiophene rings is 2. The number of benzene rings is 1. The number of hydrogen-bond donors (Lipinski definition) is 1. The van der Waals surface area contributed by atoms with Crippen molar-refractivity contribution in [3.8, 4) is 5.75 Å². The summed E-state index contributed by atoms with van der Waals surface area (Å²) in [6.45, 7) is 8.25. The molecule has 33 heavy (non-hydrogen) atoms. The summed E-state index contributed by atoms with van der Waals surface area (Å²) in [4.78, 5) is 29.9. The number of rotatable bonds is 6. The van der Waals surface area contributed by atoms with Gasteiger partial charge in [0.2, 0.25) is 0 Å². The first-order chi connectivity index (χ1) is 15.7. The van der Waals surface area contributed by atoms with Crippen LogP contribution in [-0.2, 0) is 16.1 Å². The summed E-state index contributed by atoms with van der Waals surface area (Å²) in [5.41, 5.74) is 3.39. The summed E-state index contributed by atoms with van der Waals surface area (Å²) in [5, 5.41) is 15.4. The average molecular weight is 482 g/mol. The maximum absolute atomic E-state index is 13.3. The van der Waals surface area contributed by atoms with Crippen LogP contribution in [0.4, 0.5) is 0 Å². The summed E-state index contributed by atoms with van der Waals surface area (Å²) in [5.74, 6) is -0.477. The molecule has 1 N–H and O–H groups in total. The Bertz CT molecular complexity index is 1240. The Morgan fingerprint density at radius 3 is 2.45 bits per heavy atom. The van der Waals surface area contributed by atoms with E-state index in [2.05, 4.69) is 0 Å². The van der Waals surface area contributed by atoms with Crippen LogP contribution in [0.2, 0.25) is 0 Å². The highest BCUT2D eigenvalue weighted by atomic mass is 32.1. The van der Waals surface area contributed by atoms with Gasteiger partial charge in [0.1, 0.15) is 17.6 Å². The van der Waals surface area contributed by atoms with Gasteiger partial charge in [-0.3, -0.25) is 9.59 Å². The number of methoxy groups -OCH3 is 1. The highest BCUT2D eigenvalue weighted by Crippen LogP contribution is 2.44. The third-order valence-corrected chi connectivity index (χ3v) is 7.98. The number of ether oxygens (including phenoxy) is 1. The van der Waals surface area contributed by atoms with Crippen molar-refractivity contribution < 1.29 is 19.4 Å². The van der Waals surface area contributed by atoms with E-state index in [1.165, 1.54) is 22.7 Å². The summed E-state index contributed by atoms with van der Waals surface area (Å²) in [7, 11) is 1.62. The van der Waals surface area contributed by atoms with Gasteiger partial charge in [0.25, 0.3) is 11.7 Å². The minimum atomic E-state index is -0.650. The molecular formula is C26H27NO4S2. The molecule has 3 aromatic rings. The van der Waals surface area contributed by atoms with Crippen LogP contribution in [0.3, 0.4) is 0 Å². The first kappa shape index (κ1) is 23.3. The number of carbonyl (C=O) groups excluding carboxylic acids is 2. The molecule has 1 aromatic carbocycles. The second kappa shape index (κ2) is 9.15. The summed E-state index contributed by atoms with van der Waals surface area (Å²) in [6, 6.07) is 8.97. The molecule has 1 atom stereocenters. The van der Waals surface area contributed by atoms with E-state index >= 15 is 0 Å². The Morgan fingerprint density at radius 2 is 1.88 bits per heavy atom. The smallest absolute Gasteiger partial charge is 0.296 e. The van der Waals surface area contributed by atoms with Crippen LogP contribution < -0.4 is 4.74 Å². The zero-order valence-electron chi connectivity index (χ0n) is 19.3. The second-order valence-corrected chi connectivity index (χ2v) is 10.5. The number of likely N-dealkylation sites (tertiary alicyclic amines) is 1. The maximum Gasteiger partial charge on any atom is 0.296 e. The molecule has 1 aliphatic rings. The van der Waals surface area contributed by atoms with Crippen molar-refractivity contribution in [3.05, 3.63) is 78.7 Å². The molecule has 0 saturated carbocycles. The second-order valence-electron chi connectivity index (χ2n) is 8.54. The molecular weight excluding hydrogens is 454 g/mol. The van der Waals surface area contributed by atoms with E-state index in [0.29, 0.717) is 12.1 Å². The monoisotopic (exact) mass is 481 g/mol. The van der Waals surface area contributed by atoms with Gasteiger partial charge in [0.05, 0.1) is 19.2 Å². The molecule has 0 spiro atoms. The van der Waals surface area contributed by atoms with E-state index in [1.807, 2.05) is 68.8 Å². The molecule has 0 aliphatic carbocycles. The van der Waals surface area contributed by atoms with Crippen molar-refractivity contribution in [2.24, 2.45) is 0 Å². The van der Waals surface area contributed by atoms with E-state index < -0.39 is 17.7 Å². The van der Waals surface area contributed by atoms with E-state index in [0.717, 1.165) is 32.2 Å². The van der Waals surface area contributed by atoms with Crippen molar-refractivity contribution in [1.82, 2.24) is 4.90 Å². The lowest BCUT2D eigenvalue weighted by Crippen LogP contribution is -2.28. The van der Waals surface area contributed by atoms with Crippen LogP contribution in [0.1, 0.15) is 57.8 Å². The van der Waals surface area contributed by atoms with Crippen LogP contribution in [0.25, 0.3) is 5.76 Å². The molecule has 4 rings (SSSR count). The molecule has 0 bridgehead atoms. The quantitative estimate of drug-likeness (QED) is 0.259. The average Bonchev–Trinajstić information content (AvgIpc) is 3.50. The van der Waals surface area contributed by atoms with Crippen LogP contribution >= 0.6 is 22.7 Å². The van der Waals surface area contributed by atoms with Crippen molar-refractivity contribution in [2.45, 2.75) is 46.2 Å². The highest BCUT2D eigenvalue weighted by molar-refractivity contribution is 7.10. The van der Waals surface area contributed by atoms with E-state index in [1.54, 1.807) is 12.0 Å². The lowest BCUT2D eigenvalue weighted by atomic mass is 9.92. The molecule has 172 valence electrons. The van der Waals surface area contributed by atoms with Gasteiger partial charge in [0, 0.05) is 15.3 Å². The number of aliphatic hydroxyl groups is 1. The Balaban J connectivity index is 1.92. The third-order valence-electron chi connectivity index (χ3n) is 6.05. The minimum Gasteiger partial charge on any atom is -0.507 e. The largest absolute Gasteiger partial charge is 0.507 e. The summed E-state index contributed by atoms with van der Waals surface area (Å²) >= 11 is 3.03. The summed E-state index contributed by atoms with van der Waals surface area (Å²) in [6.07, 6.45) is 0. The fraction of sp³-hybridized carbons (Fsp3) is 0.308. The first-order valence-electron chi connectivity index (χ1n) is 10.8. The predicted molar refractivity (Wildman–Crippen MR) is 133 cm³/mol. The van der Waals surface area contributed by atoms with E-state index in [4.69, 9.17) is 4.74 Å². The SMILES string of the molecule is COc1cc(C)c(/C(O)=C2\C(=O)C(=O)N(Cc3cccs3)C2c2sccc2C)cc1C(C)C. The molecule has 5 nitrogen and oxygen atoms in total. The number of aryl methyl sites for hydroxylation is 2. The van der Waals surface area contributed by atoms with Gasteiger partial charge < -0.3 is 14.7 Å². The Labute approximate surface area is 202 Å². The van der Waals surface area contributed by atoms with Gasteiger partial charge in [-0.25, -0.2) is 0 Å². The van der Waals surface area contributed by atoms with Gasteiger partial charge in [-0.15, -0.1) is 22.7 Å². The normalized spacial score (nSPS) is 17.9. The predicted octanol–water partition coefficient (Wildman–Crippen LogP) is 6.18. The first-order valence-corrected chi connectivity index (χ1v) is 12.5. The van der Waals surface area contributed by atoms with Crippen LogP contribution in [0.15, 0.2) is 46.7 Å². The molecule has 1 aliphatic heterocycles. The number of Topliss-reactive ketones (excluding diaryl/α,β-unsaturated/α-hetero) is 1. The Morgan fingerprint density at radius 1 is 1.12 bits per heavy atom. The number of amides is 1. The van der Waals surface area contributed by atoms with Crippen LogP contribution in [0.5, 0.6) is 5.75 Å². The minimum absolute atomic E-state index is 0.137. The van der Waals surface area contributed by atoms with Gasteiger partial charge >= 0.3 is 0 Å². The van der Waals surface area contributed by atoms with Crippen molar-refractivity contribution in [1.29, 1.82) is 0 Å². The lowest BCUT2D eigenvalue weighted by molar-refractivity contribution is -0.140. The third kappa shape index (κ3) is 4.11. The number of hydrogen-bond acceptors (Lipinski definition) is 6. The lowest BCUT2D eigenvalue weighted by Gasteiger charge is -2.24. The standard InChI is InChI=1S/C26H27NO4S2/c1-14(2)18-12-19(16(4)11-20(18)31-5)23(28)21-22(25-15(3)8-10-33-25)27(26(30)24(21)29)13-17-7-6-9-32-17/h6-12,14,22,28H,13H2,1-5H3/b23-21+. The molecule has 1 unspecified atom stereocenters. The number of ketones is 1. The topological polar surface area (TPSA) is 66.8 Å². The number of aliphatic hydroxyl groups excluding tert-OH is 1.